The number of nitrogens with one attached hydrogen (secondary N) is 2. The molecule has 0 aliphatic heterocycles. The first-order chi connectivity index (χ1) is 12.4. The molecule has 2 rings (SSSR count). The molecule has 1 heterocycles. The second kappa shape index (κ2) is 11.4. The molecule has 0 unspecified atom stereocenters. The molecule has 0 radical (unpaired) electrons. The molecule has 2 aromatic rings. The summed E-state index contributed by atoms with van der Waals surface area (Å²) < 4.78 is 22.5. The van der Waals surface area contributed by atoms with Crippen LogP contribution in [0.25, 0.3) is 0 Å². The Labute approximate surface area is 181 Å². The smallest absolute Gasteiger partial charge is 0.238 e. The molecule has 0 bridgehead atoms. The van der Waals surface area contributed by atoms with Crippen LogP contribution in [0.4, 0.5) is 0 Å². The van der Waals surface area contributed by atoms with E-state index in [0.29, 0.717) is 24.2 Å². The van der Waals surface area contributed by atoms with Crippen molar-refractivity contribution >= 4 is 51.6 Å². The van der Waals surface area contributed by atoms with Gasteiger partial charge in [-0.05, 0) is 42.2 Å². The lowest BCUT2D eigenvalue weighted by Gasteiger charge is -2.12. The molecular weight excluding hydrogens is 501 g/mol. The Hall–Kier alpha value is -1.43. The molecule has 1 aromatic heterocycles. The SMILES string of the molecule is CN=C(NCCc1ccc(S(N)(=O)=O)cc1)NCCc1ccc(Cl)nc1.I. The summed E-state index contributed by atoms with van der Waals surface area (Å²) >= 11 is 5.77. The van der Waals surface area contributed by atoms with Crippen LogP contribution in [0.2, 0.25) is 5.15 Å². The van der Waals surface area contributed by atoms with Gasteiger partial charge in [0.1, 0.15) is 5.15 Å². The summed E-state index contributed by atoms with van der Waals surface area (Å²) in [6, 6.07) is 10.2. The van der Waals surface area contributed by atoms with Gasteiger partial charge in [0.15, 0.2) is 5.96 Å². The van der Waals surface area contributed by atoms with Crippen molar-refractivity contribution in [2.24, 2.45) is 10.1 Å². The Balaban J connectivity index is 0.00000364. The van der Waals surface area contributed by atoms with E-state index in [9.17, 15) is 8.42 Å². The normalized spacial score (nSPS) is 11.6. The lowest BCUT2D eigenvalue weighted by Crippen LogP contribution is -2.39. The van der Waals surface area contributed by atoms with Crippen LogP contribution in [0.1, 0.15) is 11.1 Å². The second-order valence-corrected chi connectivity index (χ2v) is 7.55. The summed E-state index contributed by atoms with van der Waals surface area (Å²) in [7, 11) is -1.94. The van der Waals surface area contributed by atoms with E-state index in [-0.39, 0.29) is 28.9 Å². The fourth-order valence-electron chi connectivity index (χ4n) is 2.27. The van der Waals surface area contributed by atoms with Crippen molar-refractivity contribution in [3.05, 3.63) is 58.9 Å². The molecule has 0 atom stereocenters. The van der Waals surface area contributed by atoms with Gasteiger partial charge in [-0.3, -0.25) is 4.99 Å². The Morgan fingerprint density at radius 3 is 2.11 bits per heavy atom. The first-order valence-corrected chi connectivity index (χ1v) is 9.97. The summed E-state index contributed by atoms with van der Waals surface area (Å²) in [5, 5.41) is 12.0. The van der Waals surface area contributed by atoms with Gasteiger partial charge in [0.05, 0.1) is 4.90 Å². The largest absolute Gasteiger partial charge is 0.356 e. The van der Waals surface area contributed by atoms with E-state index in [0.717, 1.165) is 24.0 Å². The quantitative estimate of drug-likeness (QED) is 0.222. The van der Waals surface area contributed by atoms with Gasteiger partial charge in [0.2, 0.25) is 10.0 Å². The van der Waals surface area contributed by atoms with Crippen molar-refractivity contribution in [2.45, 2.75) is 17.7 Å². The molecule has 0 spiro atoms. The molecule has 27 heavy (non-hydrogen) atoms. The van der Waals surface area contributed by atoms with Gasteiger partial charge >= 0.3 is 0 Å². The minimum atomic E-state index is -3.65. The number of primary sulfonamides is 1. The fraction of sp³-hybridized carbons (Fsp3) is 0.294. The highest BCUT2D eigenvalue weighted by atomic mass is 127. The molecule has 0 aliphatic carbocycles. The van der Waals surface area contributed by atoms with E-state index in [1.807, 2.05) is 6.07 Å². The molecule has 7 nitrogen and oxygen atoms in total. The monoisotopic (exact) mass is 523 g/mol. The molecule has 0 saturated heterocycles. The number of guanidine groups is 1. The first kappa shape index (κ1) is 23.6. The third kappa shape index (κ3) is 8.41. The van der Waals surface area contributed by atoms with Crippen molar-refractivity contribution in [2.75, 3.05) is 20.1 Å². The Kier molecular flexibility index (Phi) is 9.99. The highest BCUT2D eigenvalue weighted by Crippen LogP contribution is 2.09. The van der Waals surface area contributed by atoms with Crippen molar-refractivity contribution in [1.82, 2.24) is 15.6 Å². The van der Waals surface area contributed by atoms with Gasteiger partial charge < -0.3 is 10.6 Å². The number of pyridine rings is 1. The third-order valence-corrected chi connectivity index (χ3v) is 4.83. The lowest BCUT2D eigenvalue weighted by molar-refractivity contribution is 0.598. The first-order valence-electron chi connectivity index (χ1n) is 8.05. The molecule has 4 N–H and O–H groups in total. The molecule has 0 saturated carbocycles. The van der Waals surface area contributed by atoms with E-state index >= 15 is 0 Å². The molecule has 148 valence electrons. The van der Waals surface area contributed by atoms with Gasteiger partial charge in [0, 0.05) is 26.3 Å². The summed E-state index contributed by atoms with van der Waals surface area (Å²) in [6.45, 7) is 1.38. The Bertz CT molecular complexity index is 843. The van der Waals surface area contributed by atoms with Gasteiger partial charge in [-0.25, -0.2) is 18.5 Å². The minimum absolute atomic E-state index is 0. The standard InChI is InChI=1S/C17H22ClN5O2S.HI/c1-20-17(22-11-9-14-4-7-16(18)23-12-14)21-10-8-13-2-5-15(6-3-13)26(19,24)25;/h2-7,12H,8-11H2,1H3,(H2,19,24,25)(H2,20,21,22);1H. The van der Waals surface area contributed by atoms with Crippen molar-refractivity contribution in [3.63, 3.8) is 0 Å². The number of sulfonamides is 1. The predicted molar refractivity (Wildman–Crippen MR) is 119 cm³/mol. The second-order valence-electron chi connectivity index (χ2n) is 5.60. The lowest BCUT2D eigenvalue weighted by atomic mass is 10.1. The third-order valence-electron chi connectivity index (χ3n) is 3.68. The summed E-state index contributed by atoms with van der Waals surface area (Å²) in [5.41, 5.74) is 2.10. The zero-order valence-electron chi connectivity index (χ0n) is 14.9. The topological polar surface area (TPSA) is 109 Å². The summed E-state index contributed by atoms with van der Waals surface area (Å²) in [4.78, 5) is 8.33. The van der Waals surface area contributed by atoms with Crippen molar-refractivity contribution in [1.29, 1.82) is 0 Å². The van der Waals surface area contributed by atoms with Gasteiger partial charge in [-0.2, -0.15) is 0 Å². The predicted octanol–water partition coefficient (Wildman–Crippen LogP) is 1.95. The summed E-state index contributed by atoms with van der Waals surface area (Å²) in [5.74, 6) is 0.702. The molecule has 0 fully saturated rings. The van der Waals surface area contributed by atoms with E-state index in [2.05, 4.69) is 20.6 Å². The molecule has 0 amide bonds. The van der Waals surface area contributed by atoms with Crippen LogP contribution in [-0.2, 0) is 22.9 Å². The summed E-state index contributed by atoms with van der Waals surface area (Å²) in [6.07, 6.45) is 3.29. The van der Waals surface area contributed by atoms with Crippen LogP contribution in [0.3, 0.4) is 0 Å². The highest BCUT2D eigenvalue weighted by Gasteiger charge is 2.06. The fourth-order valence-corrected chi connectivity index (χ4v) is 2.90. The van der Waals surface area contributed by atoms with Crippen LogP contribution >= 0.6 is 35.6 Å². The Morgan fingerprint density at radius 2 is 1.63 bits per heavy atom. The Morgan fingerprint density at radius 1 is 1.07 bits per heavy atom. The number of nitrogens with two attached hydrogens (primary N) is 1. The number of hydrogen-bond donors (Lipinski definition) is 3. The number of benzene rings is 1. The molecule has 10 heteroatoms. The van der Waals surface area contributed by atoms with Crippen molar-refractivity contribution < 1.29 is 8.42 Å². The van der Waals surface area contributed by atoms with Gasteiger partial charge in [0.25, 0.3) is 0 Å². The van der Waals surface area contributed by atoms with Crippen LogP contribution in [0.15, 0.2) is 52.5 Å². The number of hydrogen-bond acceptors (Lipinski definition) is 4. The van der Waals surface area contributed by atoms with Gasteiger partial charge in [-0.15, -0.1) is 24.0 Å². The number of halogens is 2. The average molecular weight is 524 g/mol. The zero-order valence-corrected chi connectivity index (χ0v) is 18.8. The molecule has 0 aliphatic rings. The van der Waals surface area contributed by atoms with E-state index in [1.165, 1.54) is 12.1 Å². The zero-order chi connectivity index (χ0) is 19.0. The average Bonchev–Trinajstić information content (AvgIpc) is 2.61. The van der Waals surface area contributed by atoms with Crippen LogP contribution < -0.4 is 15.8 Å². The number of aromatic nitrogens is 1. The van der Waals surface area contributed by atoms with Crippen molar-refractivity contribution in [3.8, 4) is 0 Å². The molecule has 1 aromatic carbocycles. The van der Waals surface area contributed by atoms with E-state index in [1.54, 1.807) is 31.4 Å². The highest BCUT2D eigenvalue weighted by molar-refractivity contribution is 14.0. The van der Waals surface area contributed by atoms with Crippen LogP contribution in [0.5, 0.6) is 0 Å². The number of aliphatic imine (C=N–C) groups is 1. The maximum atomic E-state index is 11.2. The maximum absolute atomic E-state index is 11.2. The number of nitrogens with zero attached hydrogens (tertiary/aromatic N) is 2. The molecular formula is C17H23ClIN5O2S. The van der Waals surface area contributed by atoms with E-state index in [4.69, 9.17) is 16.7 Å². The maximum Gasteiger partial charge on any atom is 0.238 e. The van der Waals surface area contributed by atoms with Crippen LogP contribution in [-0.4, -0.2) is 39.5 Å². The van der Waals surface area contributed by atoms with E-state index < -0.39 is 10.0 Å². The van der Waals surface area contributed by atoms with Crippen LogP contribution in [0, 0.1) is 0 Å². The number of rotatable bonds is 7. The minimum Gasteiger partial charge on any atom is -0.356 e. The van der Waals surface area contributed by atoms with Gasteiger partial charge in [-0.1, -0.05) is 29.8 Å².